The fraction of sp³-hybridized carbons (Fsp3) is 0.792. The predicted molar refractivity (Wildman–Crippen MR) is 121 cm³/mol. The van der Waals surface area contributed by atoms with E-state index in [1.54, 1.807) is 6.42 Å². The number of carbonyl (C=O) groups is 4. The van der Waals surface area contributed by atoms with Gasteiger partial charge in [-0.15, -0.1) is 0 Å². The maximum atomic E-state index is 12.5. The van der Waals surface area contributed by atoms with Gasteiger partial charge in [0.15, 0.2) is 0 Å². The second-order valence-electron chi connectivity index (χ2n) is 8.39. The molecule has 9 nitrogen and oxygen atoms in total. The van der Waals surface area contributed by atoms with Crippen molar-refractivity contribution in [2.75, 3.05) is 6.61 Å². The van der Waals surface area contributed by atoms with Gasteiger partial charge in [0, 0.05) is 33.6 Å². The Kier molecular flexibility index (Phi) is 14.4. The van der Waals surface area contributed by atoms with Gasteiger partial charge >= 0.3 is 17.9 Å². The van der Waals surface area contributed by atoms with Gasteiger partial charge in [0.2, 0.25) is 12.2 Å². The van der Waals surface area contributed by atoms with E-state index in [4.69, 9.17) is 18.9 Å². The van der Waals surface area contributed by atoms with E-state index in [0.717, 1.165) is 19.3 Å². The average molecular weight is 471 g/mol. The van der Waals surface area contributed by atoms with Crippen LogP contribution in [0.3, 0.4) is 0 Å². The molecule has 0 saturated carbocycles. The molecule has 0 aromatic rings. The fourth-order valence-corrected chi connectivity index (χ4v) is 3.63. The molecular weight excluding hydrogens is 430 g/mol. The van der Waals surface area contributed by atoms with Gasteiger partial charge < -0.3 is 24.3 Å². The predicted octanol–water partition coefficient (Wildman–Crippen LogP) is 3.38. The number of ether oxygens (including phenoxy) is 4. The van der Waals surface area contributed by atoms with Crippen molar-refractivity contribution in [1.29, 1.82) is 0 Å². The Morgan fingerprint density at radius 3 is 1.94 bits per heavy atom. The largest absolute Gasteiger partial charge is 0.463 e. The van der Waals surface area contributed by atoms with E-state index in [1.165, 1.54) is 59.3 Å². The third-order valence-corrected chi connectivity index (χ3v) is 5.24. The minimum Gasteiger partial charge on any atom is -0.463 e. The van der Waals surface area contributed by atoms with Crippen molar-refractivity contribution in [2.24, 2.45) is 0 Å². The number of carbonyl (C=O) groups excluding carboxylic acids is 4. The number of nitrogens with one attached hydrogen (secondary N) is 1. The molecule has 0 bridgehead atoms. The van der Waals surface area contributed by atoms with E-state index in [0.29, 0.717) is 6.42 Å². The van der Waals surface area contributed by atoms with Gasteiger partial charge in [-0.3, -0.25) is 19.2 Å². The Labute approximate surface area is 197 Å². The minimum atomic E-state index is -1.12. The van der Waals surface area contributed by atoms with Crippen LogP contribution in [0.25, 0.3) is 0 Å². The second-order valence-corrected chi connectivity index (χ2v) is 8.39. The lowest BCUT2D eigenvalue weighted by Crippen LogP contribution is -2.58. The molecule has 1 N–H and O–H groups in total. The molecule has 9 heteroatoms. The third-order valence-electron chi connectivity index (χ3n) is 5.24. The van der Waals surface area contributed by atoms with Crippen molar-refractivity contribution in [2.45, 2.75) is 116 Å². The second kappa shape index (κ2) is 16.5. The monoisotopic (exact) mass is 470 g/mol. The van der Waals surface area contributed by atoms with Crippen LogP contribution < -0.4 is 5.32 Å². The lowest BCUT2D eigenvalue weighted by Gasteiger charge is -2.39. The van der Waals surface area contributed by atoms with E-state index in [9.17, 15) is 19.2 Å². The van der Waals surface area contributed by atoms with Gasteiger partial charge in [0.25, 0.3) is 0 Å². The Hall–Kier alpha value is -2.16. The average Bonchev–Trinajstić information content (AvgIpc) is 2.72. The molecule has 0 spiro atoms. The highest BCUT2D eigenvalue weighted by Crippen LogP contribution is 2.24. The normalized spacial score (nSPS) is 22.3. The molecular formula is C24H40NO8. The summed E-state index contributed by atoms with van der Waals surface area (Å²) in [5, 5.41) is 2.79. The zero-order chi connectivity index (χ0) is 24.6. The van der Waals surface area contributed by atoms with Crippen LogP contribution in [-0.4, -0.2) is 55.0 Å². The summed E-state index contributed by atoms with van der Waals surface area (Å²) in [6.45, 7) is 5.72. The van der Waals surface area contributed by atoms with Gasteiger partial charge in [0.05, 0.1) is 6.04 Å². The lowest BCUT2D eigenvalue weighted by molar-refractivity contribution is -0.230. The zero-order valence-electron chi connectivity index (χ0n) is 20.4. The van der Waals surface area contributed by atoms with Crippen LogP contribution in [0.2, 0.25) is 0 Å². The molecule has 1 amide bonds. The standard InChI is InChI=1S/C24H40NO8/c1-5-6-7-8-9-10-11-12-13-14-23(29)25-20-15-21(31-18(3)27)22(16-30-17(2)26)33-24(20)32-19(4)28/h15,20-22,24H,5-14,16H2,1-4H3,(H,25,29). The summed E-state index contributed by atoms with van der Waals surface area (Å²) in [5.74, 6) is -1.89. The number of hydrogen-bond donors (Lipinski definition) is 1. The lowest BCUT2D eigenvalue weighted by atomic mass is 9.99. The first-order valence-corrected chi connectivity index (χ1v) is 12.0. The van der Waals surface area contributed by atoms with Gasteiger partial charge in [-0.05, 0) is 6.42 Å². The first-order chi connectivity index (χ1) is 15.7. The zero-order valence-corrected chi connectivity index (χ0v) is 20.4. The summed E-state index contributed by atoms with van der Waals surface area (Å²) in [4.78, 5) is 46.7. The van der Waals surface area contributed by atoms with Crippen LogP contribution in [0.4, 0.5) is 0 Å². The highest BCUT2D eigenvalue weighted by molar-refractivity contribution is 5.76. The molecule has 4 unspecified atom stereocenters. The van der Waals surface area contributed by atoms with E-state index in [2.05, 4.69) is 12.2 Å². The molecule has 1 fully saturated rings. The molecule has 1 heterocycles. The molecule has 1 aliphatic rings. The maximum absolute atomic E-state index is 12.5. The summed E-state index contributed by atoms with van der Waals surface area (Å²) >= 11 is 0. The van der Waals surface area contributed by atoms with Crippen LogP contribution in [-0.2, 0) is 38.1 Å². The summed E-state index contributed by atoms with van der Waals surface area (Å²) in [5.41, 5.74) is 0. The van der Waals surface area contributed by atoms with E-state index in [-0.39, 0.29) is 12.5 Å². The summed E-state index contributed by atoms with van der Waals surface area (Å²) in [6, 6.07) is -0.808. The molecule has 0 aliphatic carbocycles. The smallest absolute Gasteiger partial charge is 0.305 e. The van der Waals surface area contributed by atoms with E-state index >= 15 is 0 Å². The summed E-state index contributed by atoms with van der Waals surface area (Å²) in [6.07, 6.45) is 9.34. The molecule has 4 atom stereocenters. The van der Waals surface area contributed by atoms with E-state index in [1.807, 2.05) is 0 Å². The Morgan fingerprint density at radius 2 is 1.39 bits per heavy atom. The molecule has 1 aliphatic heterocycles. The molecule has 0 aromatic carbocycles. The number of hydrogen-bond acceptors (Lipinski definition) is 8. The van der Waals surface area contributed by atoms with Gasteiger partial charge in [0.1, 0.15) is 18.8 Å². The van der Waals surface area contributed by atoms with Crippen molar-refractivity contribution in [3.63, 3.8) is 0 Å². The van der Waals surface area contributed by atoms with Crippen molar-refractivity contribution >= 4 is 23.8 Å². The SMILES string of the molecule is CCCCCCCCCCCC(=O)NC1[CH]C(OC(C)=O)C(COC(C)=O)OC1OC(C)=O. The fourth-order valence-electron chi connectivity index (χ4n) is 3.63. The van der Waals surface area contributed by atoms with Gasteiger partial charge in [-0.2, -0.15) is 0 Å². The van der Waals surface area contributed by atoms with Crippen LogP contribution in [0.1, 0.15) is 91.9 Å². The van der Waals surface area contributed by atoms with Crippen molar-refractivity contribution in [3.8, 4) is 0 Å². The maximum Gasteiger partial charge on any atom is 0.305 e. The highest BCUT2D eigenvalue weighted by Gasteiger charge is 2.43. The summed E-state index contributed by atoms with van der Waals surface area (Å²) in [7, 11) is 0. The quantitative estimate of drug-likeness (QED) is 0.220. The van der Waals surface area contributed by atoms with Crippen molar-refractivity contribution in [1.82, 2.24) is 5.32 Å². The number of esters is 3. The van der Waals surface area contributed by atoms with Crippen LogP contribution >= 0.6 is 0 Å². The minimum absolute atomic E-state index is 0.194. The van der Waals surface area contributed by atoms with Crippen molar-refractivity contribution < 1.29 is 38.1 Å². The number of rotatable bonds is 15. The molecule has 1 saturated heterocycles. The first kappa shape index (κ1) is 28.9. The van der Waals surface area contributed by atoms with Crippen LogP contribution in [0.5, 0.6) is 0 Å². The molecule has 189 valence electrons. The number of unbranched alkanes of at least 4 members (excludes halogenated alkanes) is 8. The molecule has 0 aromatic heterocycles. The Morgan fingerprint density at radius 1 is 0.818 bits per heavy atom. The van der Waals surface area contributed by atoms with Crippen molar-refractivity contribution in [3.05, 3.63) is 6.42 Å². The molecule has 1 radical (unpaired) electrons. The Balaban J connectivity index is 2.54. The van der Waals surface area contributed by atoms with Gasteiger partial charge in [-0.25, -0.2) is 0 Å². The summed E-state index contributed by atoms with van der Waals surface area (Å²) < 4.78 is 21.2. The van der Waals surface area contributed by atoms with Crippen LogP contribution in [0.15, 0.2) is 0 Å². The first-order valence-electron chi connectivity index (χ1n) is 12.0. The topological polar surface area (TPSA) is 117 Å². The third kappa shape index (κ3) is 13.2. The van der Waals surface area contributed by atoms with Crippen LogP contribution in [0, 0.1) is 6.42 Å². The van der Waals surface area contributed by atoms with E-state index < -0.39 is 42.4 Å². The Bertz CT molecular complexity index is 624. The van der Waals surface area contributed by atoms with Gasteiger partial charge in [-0.1, -0.05) is 58.3 Å². The highest BCUT2D eigenvalue weighted by atomic mass is 16.7. The molecule has 1 rings (SSSR count). The molecule has 33 heavy (non-hydrogen) atoms. The number of amides is 1.